The van der Waals surface area contributed by atoms with Gasteiger partial charge in [0.15, 0.2) is 5.17 Å². The van der Waals surface area contributed by atoms with Gasteiger partial charge in [-0.15, -0.1) is 0 Å². The molecule has 0 saturated carbocycles. The van der Waals surface area contributed by atoms with Crippen molar-refractivity contribution in [1.29, 1.82) is 5.26 Å². The van der Waals surface area contributed by atoms with E-state index in [0.29, 0.717) is 23.9 Å². The molecule has 1 saturated heterocycles. The lowest BCUT2D eigenvalue weighted by Crippen LogP contribution is -2.51. The molecule has 1 aromatic rings. The summed E-state index contributed by atoms with van der Waals surface area (Å²) in [6.45, 7) is 0.548. The van der Waals surface area contributed by atoms with E-state index in [2.05, 4.69) is 4.99 Å². The van der Waals surface area contributed by atoms with E-state index < -0.39 is 17.2 Å². The number of nitrogens with zero attached hydrogens (tertiary/aromatic N) is 2. The van der Waals surface area contributed by atoms with E-state index in [1.807, 2.05) is 0 Å². The van der Waals surface area contributed by atoms with E-state index >= 15 is 0 Å². The lowest BCUT2D eigenvalue weighted by Gasteiger charge is -2.46. The van der Waals surface area contributed by atoms with Crippen LogP contribution in [-0.4, -0.2) is 37.3 Å². The summed E-state index contributed by atoms with van der Waals surface area (Å²) in [7, 11) is 1.59. The summed E-state index contributed by atoms with van der Waals surface area (Å²) < 4.78 is 39.2. The van der Waals surface area contributed by atoms with Crippen LogP contribution in [0, 0.1) is 28.9 Å². The van der Waals surface area contributed by atoms with Crippen LogP contribution in [0.5, 0.6) is 0 Å². The monoisotopic (exact) mass is 353 g/mol. The number of hydrogen-bond acceptors (Lipinski definition) is 6. The van der Waals surface area contributed by atoms with E-state index in [4.69, 9.17) is 20.5 Å². The van der Waals surface area contributed by atoms with Crippen molar-refractivity contribution in [3.8, 4) is 6.07 Å². The van der Waals surface area contributed by atoms with Crippen molar-refractivity contribution < 1.29 is 18.3 Å². The Morgan fingerprint density at radius 1 is 1.50 bits per heavy atom. The highest BCUT2D eigenvalue weighted by atomic mass is 32.2. The Morgan fingerprint density at radius 3 is 3.00 bits per heavy atom. The minimum atomic E-state index is -1.04. The molecule has 8 heteroatoms. The molecule has 0 unspecified atom stereocenters. The molecule has 3 atom stereocenters. The fraction of sp³-hybridized carbons (Fsp3) is 0.500. The van der Waals surface area contributed by atoms with Crippen molar-refractivity contribution in [3.05, 3.63) is 34.9 Å². The molecule has 1 fully saturated rings. The molecule has 128 valence electrons. The lowest BCUT2D eigenvalue weighted by atomic mass is 9.74. The highest BCUT2D eigenvalue weighted by molar-refractivity contribution is 8.13. The van der Waals surface area contributed by atoms with Gasteiger partial charge in [-0.05, 0) is 12.5 Å². The summed E-state index contributed by atoms with van der Waals surface area (Å²) in [5, 5.41) is 9.40. The average Bonchev–Trinajstić information content (AvgIpc) is 2.55. The van der Waals surface area contributed by atoms with E-state index in [-0.39, 0.29) is 29.8 Å². The number of hydrogen-bond donors (Lipinski definition) is 1. The molecule has 2 aliphatic rings. The second-order valence-electron chi connectivity index (χ2n) is 5.93. The summed E-state index contributed by atoms with van der Waals surface area (Å²) in [5.41, 5.74) is 4.78. The van der Waals surface area contributed by atoms with Crippen molar-refractivity contribution in [3.63, 3.8) is 0 Å². The maximum Gasteiger partial charge on any atom is 0.154 e. The van der Waals surface area contributed by atoms with Gasteiger partial charge >= 0.3 is 0 Å². The van der Waals surface area contributed by atoms with Crippen LogP contribution in [0.1, 0.15) is 17.5 Å². The van der Waals surface area contributed by atoms with Gasteiger partial charge in [-0.3, -0.25) is 0 Å². The molecule has 0 bridgehead atoms. The molecule has 24 heavy (non-hydrogen) atoms. The zero-order chi connectivity index (χ0) is 17.3. The van der Waals surface area contributed by atoms with Gasteiger partial charge < -0.3 is 15.2 Å². The highest BCUT2D eigenvalue weighted by Crippen LogP contribution is 2.46. The van der Waals surface area contributed by atoms with Crippen LogP contribution in [0.3, 0.4) is 0 Å². The first-order valence-corrected chi connectivity index (χ1v) is 8.47. The number of benzene rings is 1. The Bertz CT molecular complexity index is 722. The smallest absolute Gasteiger partial charge is 0.154 e. The van der Waals surface area contributed by atoms with Crippen LogP contribution in [-0.2, 0) is 15.0 Å². The number of methoxy groups -OCH3 is 1. The Hall–Kier alpha value is -1.69. The zero-order valence-electron chi connectivity index (χ0n) is 13.1. The largest absolute Gasteiger partial charge is 0.382 e. The maximum atomic E-state index is 14.5. The highest BCUT2D eigenvalue weighted by Gasteiger charge is 2.49. The van der Waals surface area contributed by atoms with E-state index in [1.54, 1.807) is 13.2 Å². The Balaban J connectivity index is 2.08. The molecule has 0 aliphatic carbocycles. The first-order valence-electron chi connectivity index (χ1n) is 7.48. The maximum absolute atomic E-state index is 14.5. The van der Waals surface area contributed by atoms with Gasteiger partial charge in [0.25, 0.3) is 0 Å². The van der Waals surface area contributed by atoms with E-state index in [9.17, 15) is 8.78 Å². The molecule has 1 aromatic carbocycles. The SMILES string of the molecule is COC[C@H]1C[C@H]2CSC(N)=N[C@@]2(c2cc(C#N)c(F)cc2F)CO1. The molecular weight excluding hydrogens is 336 g/mol. The molecule has 0 spiro atoms. The minimum Gasteiger partial charge on any atom is -0.382 e. The topological polar surface area (TPSA) is 80.6 Å². The van der Waals surface area contributed by atoms with Crippen molar-refractivity contribution in [1.82, 2.24) is 0 Å². The van der Waals surface area contributed by atoms with Gasteiger partial charge in [0.2, 0.25) is 0 Å². The number of ether oxygens (including phenoxy) is 2. The van der Waals surface area contributed by atoms with Crippen molar-refractivity contribution in [2.24, 2.45) is 16.6 Å². The van der Waals surface area contributed by atoms with Crippen LogP contribution >= 0.6 is 11.8 Å². The third-order valence-corrected chi connectivity index (χ3v) is 5.46. The normalized spacial score (nSPS) is 29.5. The predicted molar refractivity (Wildman–Crippen MR) is 86.6 cm³/mol. The number of nitriles is 1. The summed E-state index contributed by atoms with van der Waals surface area (Å²) in [6.07, 6.45) is 0.512. The van der Waals surface area contributed by atoms with E-state index in [0.717, 1.165) is 6.07 Å². The molecular formula is C16H17F2N3O2S. The molecule has 0 aromatic heterocycles. The van der Waals surface area contributed by atoms with Gasteiger partial charge in [0, 0.05) is 30.4 Å². The van der Waals surface area contributed by atoms with Gasteiger partial charge in [-0.2, -0.15) is 5.26 Å². The molecule has 2 N–H and O–H groups in total. The molecule has 3 rings (SSSR count). The summed E-state index contributed by atoms with van der Waals surface area (Å²) in [4.78, 5) is 4.49. The van der Waals surface area contributed by atoms with Crippen molar-refractivity contribution >= 4 is 16.9 Å². The second kappa shape index (κ2) is 6.67. The minimum absolute atomic E-state index is 0.0461. The first-order chi connectivity index (χ1) is 11.5. The third kappa shape index (κ3) is 2.88. The number of fused-ring (bicyclic) bond motifs is 1. The molecule has 5 nitrogen and oxygen atoms in total. The van der Waals surface area contributed by atoms with Crippen LogP contribution in [0.2, 0.25) is 0 Å². The number of rotatable bonds is 3. The van der Waals surface area contributed by atoms with Crippen LogP contribution in [0.4, 0.5) is 8.78 Å². The summed E-state index contributed by atoms with van der Waals surface area (Å²) >= 11 is 1.41. The quantitative estimate of drug-likeness (QED) is 0.900. The van der Waals surface area contributed by atoms with Gasteiger partial charge in [-0.25, -0.2) is 13.8 Å². The number of halogens is 2. The standard InChI is InChI=1S/C16H17F2N3O2S/c1-22-6-11-3-10-7-24-15(20)21-16(10,8-23-11)12-2-9(5-19)13(17)4-14(12)18/h2,4,10-11H,3,6-8H2,1H3,(H2,20,21)/t10-,11+,16-/m0/s1. The lowest BCUT2D eigenvalue weighted by molar-refractivity contribution is -0.0837. The number of nitrogens with two attached hydrogens (primary N) is 1. The number of aliphatic imine (C=N–C) groups is 1. The third-order valence-electron chi connectivity index (χ3n) is 4.50. The molecule has 2 heterocycles. The number of thioether (sulfide) groups is 1. The first kappa shape index (κ1) is 17.1. The summed E-state index contributed by atoms with van der Waals surface area (Å²) in [6, 6.07) is 3.70. The molecule has 0 radical (unpaired) electrons. The number of amidine groups is 1. The van der Waals surface area contributed by atoms with Crippen molar-refractivity contribution in [2.45, 2.75) is 18.1 Å². The van der Waals surface area contributed by atoms with Crippen LogP contribution < -0.4 is 5.73 Å². The van der Waals surface area contributed by atoms with Gasteiger partial charge in [-0.1, -0.05) is 11.8 Å². The Morgan fingerprint density at radius 2 is 2.29 bits per heavy atom. The van der Waals surface area contributed by atoms with Gasteiger partial charge in [0.05, 0.1) is 24.9 Å². The fourth-order valence-corrected chi connectivity index (χ4v) is 4.32. The summed E-state index contributed by atoms with van der Waals surface area (Å²) in [5.74, 6) is -1.02. The fourth-order valence-electron chi connectivity index (χ4n) is 3.31. The zero-order valence-corrected chi connectivity index (χ0v) is 13.9. The molecule has 0 amide bonds. The Labute approximate surface area is 142 Å². The van der Waals surface area contributed by atoms with Crippen LogP contribution in [0.15, 0.2) is 17.1 Å². The predicted octanol–water partition coefficient (Wildman–Crippen LogP) is 2.14. The average molecular weight is 353 g/mol. The van der Waals surface area contributed by atoms with Gasteiger partial charge in [0.1, 0.15) is 23.2 Å². The Kier molecular flexibility index (Phi) is 4.76. The second-order valence-corrected chi connectivity index (χ2v) is 6.97. The van der Waals surface area contributed by atoms with Crippen LogP contribution in [0.25, 0.3) is 0 Å². The molecule has 2 aliphatic heterocycles. The van der Waals surface area contributed by atoms with E-state index in [1.165, 1.54) is 17.8 Å². The van der Waals surface area contributed by atoms with Crippen molar-refractivity contribution in [2.75, 3.05) is 26.1 Å².